The number of halogens is 1. The molecule has 2 heterocycles. The smallest absolute Gasteiger partial charge is 0.139 e. The summed E-state index contributed by atoms with van der Waals surface area (Å²) in [5.41, 5.74) is 2.26. The van der Waals surface area contributed by atoms with Crippen LogP contribution in [0.25, 0.3) is 0 Å². The minimum absolute atomic E-state index is 0.445. The van der Waals surface area contributed by atoms with E-state index in [1.165, 1.54) is 0 Å². The van der Waals surface area contributed by atoms with Crippen molar-refractivity contribution in [3.63, 3.8) is 0 Å². The van der Waals surface area contributed by atoms with Crippen LogP contribution in [0.3, 0.4) is 0 Å². The van der Waals surface area contributed by atoms with Gasteiger partial charge in [0, 0.05) is 13.7 Å². The van der Waals surface area contributed by atoms with Gasteiger partial charge in [-0.1, -0.05) is 18.5 Å². The van der Waals surface area contributed by atoms with Gasteiger partial charge < -0.3 is 9.84 Å². The van der Waals surface area contributed by atoms with Gasteiger partial charge in [0.15, 0.2) is 0 Å². The average Bonchev–Trinajstić information content (AvgIpc) is 3.07. The average molecular weight is 313 g/mol. The van der Waals surface area contributed by atoms with Gasteiger partial charge in [-0.05, 0) is 19.4 Å². The van der Waals surface area contributed by atoms with Gasteiger partial charge in [0.25, 0.3) is 0 Å². The van der Waals surface area contributed by atoms with Crippen molar-refractivity contribution in [2.24, 2.45) is 0 Å². The zero-order valence-electron chi connectivity index (χ0n) is 12.6. The second-order valence-electron chi connectivity index (χ2n) is 4.73. The maximum atomic E-state index is 10.7. The van der Waals surface area contributed by atoms with Crippen molar-refractivity contribution in [1.82, 2.24) is 19.6 Å². The van der Waals surface area contributed by atoms with Crippen molar-refractivity contribution in [1.29, 1.82) is 0 Å². The monoisotopic (exact) mass is 312 g/mol. The summed E-state index contributed by atoms with van der Waals surface area (Å²) >= 11 is 6.19. The highest BCUT2D eigenvalue weighted by Crippen LogP contribution is 2.28. The fraction of sp³-hybridized carbons (Fsp3) is 0.571. The van der Waals surface area contributed by atoms with Crippen LogP contribution in [0.1, 0.15) is 37.0 Å². The Hall–Kier alpha value is -1.37. The summed E-state index contributed by atoms with van der Waals surface area (Å²) < 4.78 is 8.53. The minimum atomic E-state index is -0.857. The van der Waals surface area contributed by atoms with Gasteiger partial charge in [-0.25, -0.2) is 0 Å². The van der Waals surface area contributed by atoms with Crippen LogP contribution >= 0.6 is 11.6 Å². The highest BCUT2D eigenvalue weighted by Gasteiger charge is 2.23. The molecule has 0 spiro atoms. The van der Waals surface area contributed by atoms with Gasteiger partial charge in [-0.2, -0.15) is 10.2 Å². The summed E-state index contributed by atoms with van der Waals surface area (Å²) in [4.78, 5) is 0. The molecule has 0 saturated heterocycles. The summed E-state index contributed by atoms with van der Waals surface area (Å²) in [5.74, 6) is 0. The molecule has 7 heteroatoms. The maximum absolute atomic E-state index is 10.7. The molecular weight excluding hydrogens is 292 g/mol. The molecule has 2 aromatic rings. The van der Waals surface area contributed by atoms with Crippen LogP contribution in [0.15, 0.2) is 12.3 Å². The normalized spacial score (nSPS) is 12.8. The van der Waals surface area contributed by atoms with Gasteiger partial charge >= 0.3 is 0 Å². The third kappa shape index (κ3) is 3.28. The highest BCUT2D eigenvalue weighted by atomic mass is 35.5. The lowest BCUT2D eigenvalue weighted by atomic mass is 10.1. The number of hydrogen-bond acceptors (Lipinski definition) is 4. The minimum Gasteiger partial charge on any atom is -0.383 e. The Balaban J connectivity index is 2.37. The quantitative estimate of drug-likeness (QED) is 0.849. The molecule has 2 aromatic heterocycles. The Morgan fingerprint density at radius 1 is 1.38 bits per heavy atom. The van der Waals surface area contributed by atoms with Crippen LogP contribution < -0.4 is 0 Å². The molecule has 0 aliphatic carbocycles. The number of hydrogen-bond donors (Lipinski definition) is 1. The van der Waals surface area contributed by atoms with E-state index in [0.717, 1.165) is 17.8 Å². The lowest BCUT2D eigenvalue weighted by Gasteiger charge is -2.15. The Morgan fingerprint density at radius 2 is 2.14 bits per heavy atom. The summed E-state index contributed by atoms with van der Waals surface area (Å²) in [7, 11) is 1.63. The SMILES string of the molecule is CCc1cc(C(O)c2c(Cl)cnn2CCOC)n(CC)n1. The van der Waals surface area contributed by atoms with Crippen LogP contribution in [0.4, 0.5) is 0 Å². The van der Waals surface area contributed by atoms with Crippen molar-refractivity contribution >= 4 is 11.6 Å². The van der Waals surface area contributed by atoms with Crippen LogP contribution in [-0.2, 0) is 24.2 Å². The van der Waals surface area contributed by atoms with Crippen LogP contribution in [0.2, 0.25) is 5.02 Å². The van der Waals surface area contributed by atoms with E-state index in [2.05, 4.69) is 10.2 Å². The molecule has 6 nitrogen and oxygen atoms in total. The number of rotatable bonds is 7. The van der Waals surface area contributed by atoms with Crippen LogP contribution in [0.5, 0.6) is 0 Å². The maximum Gasteiger partial charge on any atom is 0.139 e. The first-order valence-electron chi connectivity index (χ1n) is 7.07. The second-order valence-corrected chi connectivity index (χ2v) is 5.13. The molecule has 2 rings (SSSR count). The standard InChI is InChI=1S/C14H21ClN4O2/c1-4-10-8-12(18(5-2)17-10)14(20)13-11(15)9-16-19(13)6-7-21-3/h8-9,14,20H,4-7H2,1-3H3. The summed E-state index contributed by atoms with van der Waals surface area (Å²) in [6, 6.07) is 1.91. The van der Waals surface area contributed by atoms with E-state index in [4.69, 9.17) is 16.3 Å². The van der Waals surface area contributed by atoms with E-state index in [0.29, 0.717) is 30.4 Å². The van der Waals surface area contributed by atoms with Crippen molar-refractivity contribution < 1.29 is 9.84 Å². The molecule has 0 amide bonds. The number of aromatic nitrogens is 4. The predicted molar refractivity (Wildman–Crippen MR) is 80.5 cm³/mol. The van der Waals surface area contributed by atoms with Crippen LogP contribution in [-0.4, -0.2) is 38.4 Å². The Morgan fingerprint density at radius 3 is 2.76 bits per heavy atom. The van der Waals surface area contributed by atoms with E-state index in [-0.39, 0.29) is 0 Å². The Bertz CT molecular complexity index is 594. The fourth-order valence-corrected chi connectivity index (χ4v) is 2.52. The third-order valence-corrected chi connectivity index (χ3v) is 3.69. The zero-order valence-corrected chi connectivity index (χ0v) is 13.3. The number of aliphatic hydroxyl groups is 1. The molecule has 1 N–H and O–H groups in total. The molecule has 0 radical (unpaired) electrons. The highest BCUT2D eigenvalue weighted by molar-refractivity contribution is 6.31. The van der Waals surface area contributed by atoms with Crippen LogP contribution in [0, 0.1) is 0 Å². The van der Waals surface area contributed by atoms with Gasteiger partial charge in [0.1, 0.15) is 6.10 Å². The molecule has 1 atom stereocenters. The van der Waals surface area contributed by atoms with E-state index in [1.54, 1.807) is 22.7 Å². The van der Waals surface area contributed by atoms with Crippen molar-refractivity contribution in [2.75, 3.05) is 13.7 Å². The lowest BCUT2D eigenvalue weighted by molar-refractivity contribution is 0.168. The van der Waals surface area contributed by atoms with Gasteiger partial charge in [0.2, 0.25) is 0 Å². The Labute approximate surface area is 129 Å². The van der Waals surface area contributed by atoms with Crippen molar-refractivity contribution in [2.45, 2.75) is 39.5 Å². The largest absolute Gasteiger partial charge is 0.383 e. The second kappa shape index (κ2) is 7.06. The van der Waals surface area contributed by atoms with E-state index in [9.17, 15) is 5.11 Å². The molecule has 116 valence electrons. The number of aliphatic hydroxyl groups excluding tert-OH is 1. The molecule has 0 aliphatic rings. The summed E-state index contributed by atoms with van der Waals surface area (Å²) in [5, 5.41) is 19.8. The molecule has 21 heavy (non-hydrogen) atoms. The first-order chi connectivity index (χ1) is 10.1. The lowest BCUT2D eigenvalue weighted by Crippen LogP contribution is -2.16. The van der Waals surface area contributed by atoms with Gasteiger partial charge in [-0.3, -0.25) is 9.36 Å². The molecule has 0 aromatic carbocycles. The molecule has 0 fully saturated rings. The van der Waals surface area contributed by atoms with E-state index >= 15 is 0 Å². The number of methoxy groups -OCH3 is 1. The third-order valence-electron chi connectivity index (χ3n) is 3.40. The molecular formula is C14H21ClN4O2. The number of nitrogens with zero attached hydrogens (tertiary/aromatic N) is 4. The zero-order chi connectivity index (χ0) is 15.4. The van der Waals surface area contributed by atoms with E-state index < -0.39 is 6.10 Å². The molecule has 0 aliphatic heterocycles. The summed E-state index contributed by atoms with van der Waals surface area (Å²) in [6.07, 6.45) is 1.51. The topological polar surface area (TPSA) is 65.1 Å². The predicted octanol–water partition coefficient (Wildman–Crippen LogP) is 2.04. The first-order valence-corrected chi connectivity index (χ1v) is 7.44. The number of ether oxygens (including phenoxy) is 1. The number of aryl methyl sites for hydroxylation is 2. The summed E-state index contributed by atoms with van der Waals surface area (Å²) in [6.45, 7) is 5.76. The Kier molecular flexibility index (Phi) is 5.39. The molecule has 1 unspecified atom stereocenters. The van der Waals surface area contributed by atoms with Gasteiger partial charge in [-0.15, -0.1) is 0 Å². The van der Waals surface area contributed by atoms with Crippen molar-refractivity contribution in [3.05, 3.63) is 34.4 Å². The first kappa shape index (κ1) is 16.0. The van der Waals surface area contributed by atoms with Gasteiger partial charge in [0.05, 0.1) is 41.5 Å². The van der Waals surface area contributed by atoms with E-state index in [1.807, 2.05) is 19.9 Å². The molecule has 0 saturated carbocycles. The molecule has 0 bridgehead atoms. The fourth-order valence-electron chi connectivity index (χ4n) is 2.27. The van der Waals surface area contributed by atoms with Crippen molar-refractivity contribution in [3.8, 4) is 0 Å².